The van der Waals surface area contributed by atoms with Crippen LogP contribution in [0.1, 0.15) is 55.4 Å². The third-order valence-corrected chi connectivity index (χ3v) is 10.6. The van der Waals surface area contributed by atoms with Crippen LogP contribution in [0.25, 0.3) is 44.2 Å². The number of para-hydroxylation sites is 2. The van der Waals surface area contributed by atoms with Crippen molar-refractivity contribution in [2.24, 2.45) is 0 Å². The van der Waals surface area contributed by atoms with Crippen molar-refractivity contribution in [3.05, 3.63) is 162 Å². The molecule has 0 N–H and O–H groups in total. The minimum absolute atomic E-state index is 0.0238. The first-order valence-corrected chi connectivity index (χ1v) is 16.1. The van der Waals surface area contributed by atoms with Crippen LogP contribution in [-0.2, 0) is 14.7 Å². The molecule has 228 valence electrons. The molecule has 0 amide bonds. The van der Waals surface area contributed by atoms with Crippen LogP contribution in [0, 0.1) is 0 Å². The Morgan fingerprint density at radius 2 is 1.15 bits per heavy atom. The third-order valence-electron chi connectivity index (χ3n) is 10.6. The fourth-order valence-electron chi connectivity index (χ4n) is 7.54. The van der Waals surface area contributed by atoms with Crippen LogP contribution in [0.2, 0.25) is 0 Å². The van der Waals surface area contributed by atoms with Crippen LogP contribution in [0.3, 0.4) is 0 Å². The number of furan rings is 1. The van der Waals surface area contributed by atoms with E-state index in [9.17, 15) is 1.37 Å². The van der Waals surface area contributed by atoms with Gasteiger partial charge in [0, 0.05) is 21.8 Å². The van der Waals surface area contributed by atoms with Gasteiger partial charge in [-0.15, -0.1) is 0 Å². The smallest absolute Gasteiger partial charge is 0.456 e. The Balaban J connectivity index is 1.23. The highest BCUT2D eigenvalue weighted by Crippen LogP contribution is 2.56. The van der Waals surface area contributed by atoms with Gasteiger partial charge in [-0.05, 0) is 66.6 Å². The van der Waals surface area contributed by atoms with Crippen LogP contribution in [0.5, 0.6) is 0 Å². The monoisotopic (exact) mass is 614 g/mol. The van der Waals surface area contributed by atoms with Gasteiger partial charge in [0.1, 0.15) is 11.2 Å². The van der Waals surface area contributed by atoms with E-state index in [1.165, 1.54) is 0 Å². The first-order valence-electron chi connectivity index (χ1n) is 18.1. The Kier molecular flexibility index (Phi) is 5.20. The molecule has 47 heavy (non-hydrogen) atoms. The maximum Gasteiger partial charge on any atom is 0.498 e. The second-order valence-corrected chi connectivity index (χ2v) is 13.6. The zero-order valence-corrected chi connectivity index (χ0v) is 26.8. The van der Waals surface area contributed by atoms with Crippen LogP contribution in [0.15, 0.2) is 144 Å². The Morgan fingerprint density at radius 1 is 0.532 bits per heavy atom. The molecular weight excluding hydrogens is 575 g/mol. The SMILES string of the molecule is [2H]c1c([2H])c([2H])c2c(c1[2H])-c1ccccc1C2(c1ccccc1)c1ccc(-c2cccc3c2oc2c(B4OC(C)(C)C(C)(C)O4)cccc23)cc1. The molecule has 1 unspecified atom stereocenters. The van der Waals surface area contributed by atoms with Gasteiger partial charge in [-0.2, -0.15) is 0 Å². The lowest BCUT2D eigenvalue weighted by atomic mass is 9.67. The Bertz CT molecular complexity index is 2530. The molecular formula is C43H35BO3. The van der Waals surface area contributed by atoms with Crippen LogP contribution >= 0.6 is 0 Å². The summed E-state index contributed by atoms with van der Waals surface area (Å²) in [6, 6.07) is 38.1. The van der Waals surface area contributed by atoms with Gasteiger partial charge in [0.15, 0.2) is 0 Å². The second kappa shape index (κ2) is 10.1. The maximum absolute atomic E-state index is 9.27. The first-order chi connectivity index (χ1) is 24.5. The van der Waals surface area contributed by atoms with Gasteiger partial charge in [-0.25, -0.2) is 0 Å². The highest BCUT2D eigenvalue weighted by atomic mass is 16.7. The molecule has 9 rings (SSSR count). The van der Waals surface area contributed by atoms with E-state index in [1.54, 1.807) is 0 Å². The molecule has 1 saturated heterocycles. The van der Waals surface area contributed by atoms with E-state index in [1.807, 2.05) is 94.4 Å². The molecule has 2 aliphatic rings. The Labute approximate surface area is 281 Å². The van der Waals surface area contributed by atoms with Crippen molar-refractivity contribution in [3.8, 4) is 22.3 Å². The number of fused-ring (bicyclic) bond motifs is 6. The summed E-state index contributed by atoms with van der Waals surface area (Å²) in [6.45, 7) is 8.20. The maximum atomic E-state index is 9.27. The molecule has 4 heteroatoms. The number of rotatable bonds is 4. The van der Waals surface area contributed by atoms with Gasteiger partial charge in [0.2, 0.25) is 0 Å². The molecule has 0 saturated carbocycles. The van der Waals surface area contributed by atoms with E-state index in [0.29, 0.717) is 11.1 Å². The highest BCUT2D eigenvalue weighted by molar-refractivity contribution is 6.65. The number of hydrogen-bond acceptors (Lipinski definition) is 3. The average Bonchev–Trinajstić information content (AvgIpc) is 3.75. The summed E-state index contributed by atoms with van der Waals surface area (Å²) in [5.41, 5.74) is 7.06. The second-order valence-electron chi connectivity index (χ2n) is 13.6. The van der Waals surface area contributed by atoms with E-state index in [4.69, 9.17) is 17.8 Å². The molecule has 0 radical (unpaired) electrons. The lowest BCUT2D eigenvalue weighted by Crippen LogP contribution is -2.41. The lowest BCUT2D eigenvalue weighted by molar-refractivity contribution is 0.00578. The van der Waals surface area contributed by atoms with Crippen molar-refractivity contribution < 1.29 is 19.2 Å². The molecule has 0 spiro atoms. The van der Waals surface area contributed by atoms with Crippen molar-refractivity contribution >= 4 is 34.5 Å². The van der Waals surface area contributed by atoms with Gasteiger partial charge < -0.3 is 13.7 Å². The van der Waals surface area contributed by atoms with Crippen LogP contribution in [-0.4, -0.2) is 18.3 Å². The van der Waals surface area contributed by atoms with Gasteiger partial charge in [0.25, 0.3) is 0 Å². The fraction of sp³-hybridized carbons (Fsp3) is 0.163. The summed E-state index contributed by atoms with van der Waals surface area (Å²) < 4.78 is 55.1. The summed E-state index contributed by atoms with van der Waals surface area (Å²) in [5, 5.41) is 1.99. The zero-order valence-electron chi connectivity index (χ0n) is 30.8. The van der Waals surface area contributed by atoms with E-state index in [2.05, 4.69) is 48.5 Å². The van der Waals surface area contributed by atoms with Crippen LogP contribution < -0.4 is 5.46 Å². The van der Waals surface area contributed by atoms with E-state index < -0.39 is 23.7 Å². The van der Waals surface area contributed by atoms with Crippen molar-refractivity contribution in [1.29, 1.82) is 0 Å². The fourth-order valence-corrected chi connectivity index (χ4v) is 7.54. The van der Waals surface area contributed by atoms with Gasteiger partial charge in [-0.1, -0.05) is 139 Å². The molecule has 1 aliphatic carbocycles. The Morgan fingerprint density at radius 3 is 1.91 bits per heavy atom. The molecule has 1 fully saturated rings. The van der Waals surface area contributed by atoms with E-state index in [0.717, 1.165) is 60.8 Å². The first kappa shape index (κ1) is 24.3. The van der Waals surface area contributed by atoms with Crippen molar-refractivity contribution in [2.75, 3.05) is 0 Å². The minimum atomic E-state index is -0.967. The number of hydrogen-bond donors (Lipinski definition) is 0. The molecule has 7 aromatic rings. The van der Waals surface area contributed by atoms with E-state index in [-0.39, 0.29) is 24.2 Å². The largest absolute Gasteiger partial charge is 0.498 e. The highest BCUT2D eigenvalue weighted by Gasteiger charge is 2.52. The average molecular weight is 615 g/mol. The van der Waals surface area contributed by atoms with E-state index >= 15 is 0 Å². The minimum Gasteiger partial charge on any atom is -0.456 e. The predicted octanol–water partition coefficient (Wildman–Crippen LogP) is 9.92. The summed E-state index contributed by atoms with van der Waals surface area (Å²) >= 11 is 0. The molecule has 0 bridgehead atoms. The third kappa shape index (κ3) is 3.95. The summed E-state index contributed by atoms with van der Waals surface area (Å²) in [5.74, 6) is 0. The number of benzene rings is 6. The van der Waals surface area contributed by atoms with Gasteiger partial charge >= 0.3 is 7.12 Å². The van der Waals surface area contributed by atoms with Crippen LogP contribution in [0.4, 0.5) is 0 Å². The molecule has 1 aromatic heterocycles. The van der Waals surface area contributed by atoms with Crippen molar-refractivity contribution in [2.45, 2.75) is 44.3 Å². The lowest BCUT2D eigenvalue weighted by Gasteiger charge is -2.34. The quantitative estimate of drug-likeness (QED) is 0.185. The summed E-state index contributed by atoms with van der Waals surface area (Å²) in [6.07, 6.45) is 0. The predicted molar refractivity (Wildman–Crippen MR) is 192 cm³/mol. The molecule has 1 atom stereocenters. The molecule has 2 heterocycles. The van der Waals surface area contributed by atoms with Crippen molar-refractivity contribution in [3.63, 3.8) is 0 Å². The van der Waals surface area contributed by atoms with Gasteiger partial charge in [0.05, 0.1) is 22.1 Å². The molecule has 6 aromatic carbocycles. The summed E-state index contributed by atoms with van der Waals surface area (Å²) in [4.78, 5) is 0. The summed E-state index contributed by atoms with van der Waals surface area (Å²) in [7, 11) is -0.560. The van der Waals surface area contributed by atoms with Crippen molar-refractivity contribution in [1.82, 2.24) is 0 Å². The molecule has 3 nitrogen and oxygen atoms in total. The standard InChI is InChI=1S/C43H35BO3/c1-41(2)42(3,4)47-44(46-41)38-23-13-20-35-34-19-12-18-31(39(34)45-40(35)38)28-24-26-30(27-25-28)43(29-14-6-5-7-15-29)36-21-10-8-16-32(36)33-17-9-11-22-37(33)43/h5-27H,1-4H3/i8D,10D,16D,21D. The normalized spacial score (nSPS) is 20.5. The van der Waals surface area contributed by atoms with Gasteiger partial charge in [-0.3, -0.25) is 0 Å². The molecule has 1 aliphatic heterocycles. The topological polar surface area (TPSA) is 31.6 Å². The zero-order chi connectivity index (χ0) is 35.4. The Hall–Kier alpha value is -4.90.